The molecular formula is C18H27ClN2O2. The van der Waals surface area contributed by atoms with Gasteiger partial charge in [0.25, 0.3) is 0 Å². The molecule has 1 heterocycles. The van der Waals surface area contributed by atoms with E-state index in [0.29, 0.717) is 12.5 Å². The average molecular weight is 339 g/mol. The number of nitrogens with zero attached hydrogens (tertiary/aromatic N) is 1. The molecule has 1 unspecified atom stereocenters. The molecule has 1 aromatic carbocycles. The van der Waals surface area contributed by atoms with Gasteiger partial charge in [0.1, 0.15) is 5.60 Å². The SMILES string of the molecule is CN(CCCC1CNc2ccc(Cl)cc2C1)C(=O)OC(C)(C)C. The number of fused-ring (bicyclic) bond motifs is 1. The van der Waals surface area contributed by atoms with Crippen LogP contribution in [0.1, 0.15) is 39.2 Å². The van der Waals surface area contributed by atoms with Crippen molar-refractivity contribution in [1.29, 1.82) is 0 Å². The number of benzene rings is 1. The molecule has 1 aliphatic rings. The summed E-state index contributed by atoms with van der Waals surface area (Å²) in [5, 5.41) is 4.26. The van der Waals surface area contributed by atoms with Crippen LogP contribution in [-0.2, 0) is 11.2 Å². The van der Waals surface area contributed by atoms with E-state index >= 15 is 0 Å². The molecule has 1 atom stereocenters. The van der Waals surface area contributed by atoms with E-state index in [9.17, 15) is 4.79 Å². The Morgan fingerprint density at radius 3 is 2.87 bits per heavy atom. The normalized spacial score (nSPS) is 17.2. The number of carbonyl (C=O) groups is 1. The molecule has 0 spiro atoms. The minimum absolute atomic E-state index is 0.253. The van der Waals surface area contributed by atoms with Crippen LogP contribution in [-0.4, -0.2) is 36.7 Å². The van der Waals surface area contributed by atoms with E-state index in [1.54, 1.807) is 11.9 Å². The molecule has 0 fully saturated rings. The summed E-state index contributed by atoms with van der Waals surface area (Å²) in [4.78, 5) is 13.6. The number of carbonyl (C=O) groups excluding carboxylic acids is 1. The lowest BCUT2D eigenvalue weighted by Gasteiger charge is -2.28. The van der Waals surface area contributed by atoms with Gasteiger partial charge in [-0.15, -0.1) is 0 Å². The zero-order valence-electron chi connectivity index (χ0n) is 14.5. The molecule has 0 aromatic heterocycles. The molecular weight excluding hydrogens is 312 g/mol. The molecule has 1 amide bonds. The first-order valence-corrected chi connectivity index (χ1v) is 8.59. The predicted molar refractivity (Wildman–Crippen MR) is 95.2 cm³/mol. The van der Waals surface area contributed by atoms with Gasteiger partial charge in [0.2, 0.25) is 0 Å². The monoisotopic (exact) mass is 338 g/mol. The zero-order valence-corrected chi connectivity index (χ0v) is 15.2. The predicted octanol–water partition coefficient (Wildman–Crippen LogP) is 4.57. The summed E-state index contributed by atoms with van der Waals surface area (Å²) < 4.78 is 5.36. The minimum atomic E-state index is -0.443. The van der Waals surface area contributed by atoms with Crippen LogP contribution in [0.2, 0.25) is 5.02 Å². The van der Waals surface area contributed by atoms with Crippen molar-refractivity contribution in [2.45, 2.75) is 45.6 Å². The topological polar surface area (TPSA) is 41.6 Å². The third kappa shape index (κ3) is 5.61. The maximum Gasteiger partial charge on any atom is 0.410 e. The van der Waals surface area contributed by atoms with E-state index in [2.05, 4.69) is 5.32 Å². The van der Waals surface area contributed by atoms with Crippen LogP contribution in [0.15, 0.2) is 18.2 Å². The van der Waals surface area contributed by atoms with Gasteiger partial charge in [-0.05, 0) is 69.7 Å². The Morgan fingerprint density at radius 1 is 1.43 bits per heavy atom. The second-order valence-electron chi connectivity index (χ2n) is 7.30. The maximum absolute atomic E-state index is 11.9. The largest absolute Gasteiger partial charge is 0.444 e. The van der Waals surface area contributed by atoms with Crippen molar-refractivity contribution in [3.05, 3.63) is 28.8 Å². The van der Waals surface area contributed by atoms with Crippen molar-refractivity contribution in [2.75, 3.05) is 25.5 Å². The van der Waals surface area contributed by atoms with Gasteiger partial charge in [-0.25, -0.2) is 4.79 Å². The molecule has 0 radical (unpaired) electrons. The fraction of sp³-hybridized carbons (Fsp3) is 0.611. The van der Waals surface area contributed by atoms with Crippen LogP contribution in [0.4, 0.5) is 10.5 Å². The molecule has 5 heteroatoms. The maximum atomic E-state index is 11.9. The lowest BCUT2D eigenvalue weighted by atomic mass is 9.90. The zero-order chi connectivity index (χ0) is 17.0. The van der Waals surface area contributed by atoms with Crippen molar-refractivity contribution in [1.82, 2.24) is 4.90 Å². The van der Waals surface area contributed by atoms with Crippen molar-refractivity contribution in [2.24, 2.45) is 5.92 Å². The highest BCUT2D eigenvalue weighted by Gasteiger charge is 2.21. The Morgan fingerprint density at radius 2 is 2.17 bits per heavy atom. The Balaban J connectivity index is 1.76. The summed E-state index contributed by atoms with van der Waals surface area (Å²) in [6.07, 6.45) is 2.83. The molecule has 23 heavy (non-hydrogen) atoms. The van der Waals surface area contributed by atoms with Crippen LogP contribution >= 0.6 is 11.6 Å². The second-order valence-corrected chi connectivity index (χ2v) is 7.73. The molecule has 4 nitrogen and oxygen atoms in total. The minimum Gasteiger partial charge on any atom is -0.444 e. The van der Waals surface area contributed by atoms with E-state index < -0.39 is 5.60 Å². The van der Waals surface area contributed by atoms with Crippen molar-refractivity contribution < 1.29 is 9.53 Å². The average Bonchev–Trinajstić information content (AvgIpc) is 2.44. The van der Waals surface area contributed by atoms with E-state index in [0.717, 1.165) is 30.8 Å². The van der Waals surface area contributed by atoms with Gasteiger partial charge in [0, 0.05) is 30.8 Å². The summed E-state index contributed by atoms with van der Waals surface area (Å²) in [6, 6.07) is 6.01. The highest BCUT2D eigenvalue weighted by Crippen LogP contribution is 2.29. The van der Waals surface area contributed by atoms with E-state index in [1.807, 2.05) is 39.0 Å². The van der Waals surface area contributed by atoms with E-state index in [1.165, 1.54) is 11.3 Å². The fourth-order valence-corrected chi connectivity index (χ4v) is 2.99. The standard InChI is InChI=1S/C18H27ClN2O2/c1-18(2,3)23-17(22)21(4)9-5-6-13-10-14-11-15(19)7-8-16(14)20-12-13/h7-8,11,13,20H,5-6,9-10,12H2,1-4H3. The first kappa shape index (κ1) is 17.9. The van der Waals surface area contributed by atoms with Gasteiger partial charge in [0.15, 0.2) is 0 Å². The molecule has 0 saturated heterocycles. The van der Waals surface area contributed by atoms with Crippen molar-refractivity contribution in [3.8, 4) is 0 Å². The van der Waals surface area contributed by atoms with Crippen LogP contribution in [0.3, 0.4) is 0 Å². The number of hydrogen-bond donors (Lipinski definition) is 1. The number of nitrogens with one attached hydrogen (secondary N) is 1. The molecule has 128 valence electrons. The second kappa shape index (κ2) is 7.43. The number of amides is 1. The van der Waals surface area contributed by atoms with Gasteiger partial charge in [-0.2, -0.15) is 0 Å². The molecule has 1 aromatic rings. The quantitative estimate of drug-likeness (QED) is 0.874. The van der Waals surface area contributed by atoms with Crippen LogP contribution in [0.5, 0.6) is 0 Å². The summed E-state index contributed by atoms with van der Waals surface area (Å²) in [5.74, 6) is 0.577. The summed E-state index contributed by atoms with van der Waals surface area (Å²) in [5.41, 5.74) is 2.03. The Labute approximate surface area is 144 Å². The lowest BCUT2D eigenvalue weighted by molar-refractivity contribution is 0.0294. The molecule has 1 N–H and O–H groups in total. The molecule has 1 aliphatic heterocycles. The van der Waals surface area contributed by atoms with E-state index in [4.69, 9.17) is 16.3 Å². The Hall–Kier alpha value is -1.42. The Kier molecular flexibility index (Phi) is 5.79. The highest BCUT2D eigenvalue weighted by atomic mass is 35.5. The van der Waals surface area contributed by atoms with Crippen LogP contribution in [0, 0.1) is 5.92 Å². The first-order valence-electron chi connectivity index (χ1n) is 8.21. The van der Waals surface area contributed by atoms with Gasteiger partial charge in [-0.1, -0.05) is 11.6 Å². The molecule has 0 bridgehead atoms. The van der Waals surface area contributed by atoms with Crippen LogP contribution in [0.25, 0.3) is 0 Å². The first-order chi connectivity index (χ1) is 10.7. The number of ether oxygens (including phenoxy) is 1. The van der Waals surface area contributed by atoms with Crippen LogP contribution < -0.4 is 5.32 Å². The van der Waals surface area contributed by atoms with E-state index in [-0.39, 0.29) is 6.09 Å². The van der Waals surface area contributed by atoms with Crippen molar-refractivity contribution >= 4 is 23.4 Å². The van der Waals surface area contributed by atoms with Gasteiger partial charge in [-0.3, -0.25) is 0 Å². The summed E-state index contributed by atoms with van der Waals surface area (Å²) >= 11 is 6.07. The van der Waals surface area contributed by atoms with Gasteiger partial charge < -0.3 is 15.0 Å². The smallest absolute Gasteiger partial charge is 0.410 e. The molecule has 0 saturated carbocycles. The number of rotatable bonds is 4. The number of anilines is 1. The molecule has 2 rings (SSSR count). The lowest BCUT2D eigenvalue weighted by Crippen LogP contribution is -2.35. The number of hydrogen-bond acceptors (Lipinski definition) is 3. The summed E-state index contributed by atoms with van der Waals surface area (Å²) in [6.45, 7) is 7.34. The third-order valence-corrected chi connectivity index (χ3v) is 4.20. The molecule has 0 aliphatic carbocycles. The fourth-order valence-electron chi connectivity index (χ4n) is 2.79. The third-order valence-electron chi connectivity index (χ3n) is 3.97. The highest BCUT2D eigenvalue weighted by molar-refractivity contribution is 6.30. The van der Waals surface area contributed by atoms with Gasteiger partial charge >= 0.3 is 6.09 Å². The summed E-state index contributed by atoms with van der Waals surface area (Å²) in [7, 11) is 1.79. The van der Waals surface area contributed by atoms with Gasteiger partial charge in [0.05, 0.1) is 0 Å². The van der Waals surface area contributed by atoms with Crippen molar-refractivity contribution in [3.63, 3.8) is 0 Å². The number of halogens is 1. The Bertz CT molecular complexity index is 554.